The predicted molar refractivity (Wildman–Crippen MR) is 118 cm³/mol. The van der Waals surface area contributed by atoms with Crippen molar-refractivity contribution in [3.63, 3.8) is 0 Å². The molecule has 2 heterocycles. The van der Waals surface area contributed by atoms with E-state index in [1.807, 2.05) is 30.3 Å². The molecule has 0 fully saturated rings. The summed E-state index contributed by atoms with van der Waals surface area (Å²) in [6.45, 7) is 4.80. The number of hydrogen-bond donors (Lipinski definition) is 2. The lowest BCUT2D eigenvalue weighted by Crippen LogP contribution is -2.08. The summed E-state index contributed by atoms with van der Waals surface area (Å²) >= 11 is 6.50. The molecule has 0 bridgehead atoms. The molecule has 0 unspecified atom stereocenters. The summed E-state index contributed by atoms with van der Waals surface area (Å²) in [5.41, 5.74) is 6.58. The Labute approximate surface area is 174 Å². The van der Waals surface area contributed by atoms with E-state index < -0.39 is 0 Å². The average Bonchev–Trinajstić information content (AvgIpc) is 3.07. The maximum Gasteiger partial charge on any atom is 0.145 e. The lowest BCUT2D eigenvalue weighted by Gasteiger charge is -2.13. The molecular weight excluding hydrogens is 384 g/mol. The minimum atomic E-state index is 0.510. The summed E-state index contributed by atoms with van der Waals surface area (Å²) in [6.07, 6.45) is 2.36. The van der Waals surface area contributed by atoms with Gasteiger partial charge in [0.05, 0.1) is 28.9 Å². The third-order valence-corrected chi connectivity index (χ3v) is 5.62. The number of halogens is 1. The predicted octanol–water partition coefficient (Wildman–Crippen LogP) is 5.52. The number of pyridine rings is 1. The Hall–Kier alpha value is -3.23. The number of anilines is 1. The lowest BCUT2D eigenvalue weighted by atomic mass is 10.0. The van der Waals surface area contributed by atoms with Crippen molar-refractivity contribution in [2.24, 2.45) is 0 Å². The van der Waals surface area contributed by atoms with E-state index in [2.05, 4.69) is 35.2 Å². The van der Waals surface area contributed by atoms with Crippen LogP contribution in [0.25, 0.3) is 21.8 Å². The zero-order chi connectivity index (χ0) is 20.5. The highest BCUT2D eigenvalue weighted by Crippen LogP contribution is 2.33. The second-order valence-electron chi connectivity index (χ2n) is 7.03. The van der Waals surface area contributed by atoms with Crippen LogP contribution in [0.15, 0.2) is 36.5 Å². The van der Waals surface area contributed by atoms with E-state index in [9.17, 15) is 5.26 Å². The third-order valence-electron chi connectivity index (χ3n) is 5.31. The standard InChI is InChI=1S/C23H21ClN4O/c1-13-7-8-18(24)20-16(14(2)28-21(13)20)9-10-26-22-15(11-25)12-27-23-17(22)5-4-6-19(23)29-3/h4-8,12,28H,9-10H2,1-3H3,(H,26,27). The average molecular weight is 405 g/mol. The molecule has 0 aliphatic heterocycles. The van der Waals surface area contributed by atoms with Crippen LogP contribution >= 0.6 is 11.6 Å². The molecule has 2 aromatic heterocycles. The van der Waals surface area contributed by atoms with E-state index in [1.165, 1.54) is 11.1 Å². The molecule has 0 atom stereocenters. The van der Waals surface area contributed by atoms with E-state index in [1.54, 1.807) is 13.3 Å². The molecule has 6 heteroatoms. The number of nitrogens with zero attached hydrogens (tertiary/aromatic N) is 2. The number of aryl methyl sites for hydroxylation is 2. The van der Waals surface area contributed by atoms with Crippen molar-refractivity contribution in [3.8, 4) is 11.8 Å². The van der Waals surface area contributed by atoms with Gasteiger partial charge in [-0.25, -0.2) is 0 Å². The number of benzene rings is 2. The van der Waals surface area contributed by atoms with Gasteiger partial charge < -0.3 is 15.0 Å². The molecule has 0 aliphatic rings. The Balaban J connectivity index is 1.68. The van der Waals surface area contributed by atoms with Gasteiger partial charge in [0.1, 0.15) is 17.3 Å². The van der Waals surface area contributed by atoms with Crippen molar-refractivity contribution in [2.45, 2.75) is 20.3 Å². The van der Waals surface area contributed by atoms with Crippen molar-refractivity contribution >= 4 is 39.1 Å². The van der Waals surface area contributed by atoms with Crippen molar-refractivity contribution in [1.82, 2.24) is 9.97 Å². The summed E-state index contributed by atoms with van der Waals surface area (Å²) in [7, 11) is 1.62. The van der Waals surface area contributed by atoms with Gasteiger partial charge in [-0.15, -0.1) is 0 Å². The first kappa shape index (κ1) is 19.1. The van der Waals surface area contributed by atoms with Gasteiger partial charge in [0.15, 0.2) is 0 Å². The number of hydrogen-bond acceptors (Lipinski definition) is 4. The molecule has 29 heavy (non-hydrogen) atoms. The Morgan fingerprint density at radius 3 is 2.83 bits per heavy atom. The fourth-order valence-electron chi connectivity index (χ4n) is 3.85. The quantitative estimate of drug-likeness (QED) is 0.459. The largest absolute Gasteiger partial charge is 0.494 e. The van der Waals surface area contributed by atoms with Gasteiger partial charge in [-0.3, -0.25) is 4.98 Å². The van der Waals surface area contributed by atoms with Gasteiger partial charge in [0.25, 0.3) is 0 Å². The summed E-state index contributed by atoms with van der Waals surface area (Å²) in [6, 6.07) is 11.9. The minimum absolute atomic E-state index is 0.510. The minimum Gasteiger partial charge on any atom is -0.494 e. The molecule has 0 radical (unpaired) electrons. The van der Waals surface area contributed by atoms with Crippen LogP contribution in [-0.2, 0) is 6.42 Å². The van der Waals surface area contributed by atoms with Gasteiger partial charge in [0, 0.05) is 29.2 Å². The zero-order valence-corrected chi connectivity index (χ0v) is 17.3. The van der Waals surface area contributed by atoms with Crippen LogP contribution in [-0.4, -0.2) is 23.6 Å². The van der Waals surface area contributed by atoms with E-state index in [-0.39, 0.29) is 0 Å². The van der Waals surface area contributed by atoms with Crippen LogP contribution < -0.4 is 10.1 Å². The number of para-hydroxylation sites is 1. The molecule has 0 spiro atoms. The molecule has 2 N–H and O–H groups in total. The number of aromatic nitrogens is 2. The van der Waals surface area contributed by atoms with Gasteiger partial charge >= 0.3 is 0 Å². The Morgan fingerprint density at radius 2 is 2.07 bits per heavy atom. The molecule has 4 rings (SSSR count). The Morgan fingerprint density at radius 1 is 1.24 bits per heavy atom. The summed E-state index contributed by atoms with van der Waals surface area (Å²) in [4.78, 5) is 7.87. The van der Waals surface area contributed by atoms with E-state index in [0.29, 0.717) is 17.9 Å². The highest BCUT2D eigenvalue weighted by Gasteiger charge is 2.15. The molecular formula is C23H21ClN4O. The summed E-state index contributed by atoms with van der Waals surface area (Å²) in [5.74, 6) is 0.685. The molecule has 0 amide bonds. The smallest absolute Gasteiger partial charge is 0.145 e. The first-order valence-electron chi connectivity index (χ1n) is 9.41. The molecule has 4 aromatic rings. The Bertz CT molecular complexity index is 1270. The molecule has 146 valence electrons. The van der Waals surface area contributed by atoms with Crippen molar-refractivity contribution < 1.29 is 4.74 Å². The highest BCUT2D eigenvalue weighted by atomic mass is 35.5. The van der Waals surface area contributed by atoms with Gasteiger partial charge in [0.2, 0.25) is 0 Å². The van der Waals surface area contributed by atoms with Crippen LogP contribution in [0, 0.1) is 25.2 Å². The molecule has 0 saturated carbocycles. The fourth-order valence-corrected chi connectivity index (χ4v) is 4.12. The maximum atomic E-state index is 9.56. The molecule has 2 aromatic carbocycles. The number of ether oxygens (including phenoxy) is 1. The van der Waals surface area contributed by atoms with Crippen LogP contribution in [0.5, 0.6) is 5.75 Å². The van der Waals surface area contributed by atoms with Crippen molar-refractivity contribution in [2.75, 3.05) is 19.0 Å². The van der Waals surface area contributed by atoms with Crippen LogP contribution in [0.1, 0.15) is 22.4 Å². The first-order chi connectivity index (χ1) is 14.0. The van der Waals surface area contributed by atoms with Gasteiger partial charge in [-0.05, 0) is 43.5 Å². The van der Waals surface area contributed by atoms with Crippen molar-refractivity contribution in [3.05, 3.63) is 63.9 Å². The molecule has 0 aliphatic carbocycles. The summed E-state index contributed by atoms with van der Waals surface area (Å²) in [5, 5.41) is 15.7. The number of methoxy groups -OCH3 is 1. The van der Waals surface area contributed by atoms with E-state index in [0.717, 1.165) is 44.6 Å². The van der Waals surface area contributed by atoms with E-state index >= 15 is 0 Å². The number of aromatic amines is 1. The summed E-state index contributed by atoms with van der Waals surface area (Å²) < 4.78 is 5.42. The second kappa shape index (κ2) is 7.65. The molecule has 0 saturated heterocycles. The van der Waals surface area contributed by atoms with Gasteiger partial charge in [-0.2, -0.15) is 5.26 Å². The first-order valence-corrected chi connectivity index (χ1v) is 9.79. The third kappa shape index (κ3) is 3.26. The SMILES string of the molecule is COc1cccc2c(NCCc3c(C)[nH]c4c(C)ccc(Cl)c34)c(C#N)cnc12. The number of nitriles is 1. The van der Waals surface area contributed by atoms with Crippen LogP contribution in [0.4, 0.5) is 5.69 Å². The normalized spacial score (nSPS) is 11.0. The highest BCUT2D eigenvalue weighted by molar-refractivity contribution is 6.35. The van der Waals surface area contributed by atoms with E-state index in [4.69, 9.17) is 16.3 Å². The molecule has 5 nitrogen and oxygen atoms in total. The fraction of sp³-hybridized carbons (Fsp3) is 0.217. The van der Waals surface area contributed by atoms with Crippen molar-refractivity contribution in [1.29, 1.82) is 5.26 Å². The van der Waals surface area contributed by atoms with Gasteiger partial charge in [-0.1, -0.05) is 29.8 Å². The number of fused-ring (bicyclic) bond motifs is 2. The van der Waals surface area contributed by atoms with Crippen LogP contribution in [0.2, 0.25) is 5.02 Å². The number of nitrogens with one attached hydrogen (secondary N) is 2. The maximum absolute atomic E-state index is 9.56. The Kier molecular flexibility index (Phi) is 5.04. The number of H-pyrrole nitrogens is 1. The lowest BCUT2D eigenvalue weighted by molar-refractivity contribution is 0.419. The zero-order valence-electron chi connectivity index (χ0n) is 16.6. The monoisotopic (exact) mass is 404 g/mol. The second-order valence-corrected chi connectivity index (χ2v) is 7.44. The topological polar surface area (TPSA) is 73.7 Å². The van der Waals surface area contributed by atoms with Crippen LogP contribution in [0.3, 0.4) is 0 Å². The number of rotatable bonds is 5.